The monoisotopic (exact) mass is 224 g/mol. The van der Waals surface area contributed by atoms with Crippen LogP contribution in [0.5, 0.6) is 0 Å². The molecule has 0 radical (unpaired) electrons. The Morgan fingerprint density at radius 1 is 1.00 bits per heavy atom. The van der Waals surface area contributed by atoms with Gasteiger partial charge in [-0.15, -0.1) is 0 Å². The molecule has 0 amide bonds. The zero-order valence-electron chi connectivity index (χ0n) is 8.59. The number of hydrogen-bond acceptors (Lipinski definition) is 0. The molecule has 3 heteroatoms. The molecule has 2 atom stereocenters. The van der Waals surface area contributed by atoms with Crippen molar-refractivity contribution in [2.45, 2.75) is 30.9 Å². The molecule has 0 heterocycles. The van der Waals surface area contributed by atoms with Crippen molar-refractivity contribution < 1.29 is 13.2 Å². The summed E-state index contributed by atoms with van der Waals surface area (Å²) >= 11 is 0. The lowest BCUT2D eigenvalue weighted by atomic mass is 9.67. The first-order valence-electron chi connectivity index (χ1n) is 5.45. The van der Waals surface area contributed by atoms with E-state index in [1.54, 1.807) is 0 Å². The van der Waals surface area contributed by atoms with Gasteiger partial charge in [0.05, 0.1) is 0 Å². The summed E-state index contributed by atoms with van der Waals surface area (Å²) in [5.41, 5.74) is 1.64. The number of allylic oxidation sites excluding steroid dienone is 2. The maximum absolute atomic E-state index is 12.8. The molecule has 2 bridgehead atoms. The van der Waals surface area contributed by atoms with E-state index in [-0.39, 0.29) is 11.5 Å². The number of fused-ring (bicyclic) bond motifs is 1. The van der Waals surface area contributed by atoms with Gasteiger partial charge in [-0.1, -0.05) is 30.3 Å². The fourth-order valence-corrected chi connectivity index (χ4v) is 2.94. The second-order valence-corrected chi connectivity index (χ2v) is 4.49. The minimum Gasteiger partial charge on any atom is -0.166 e. The van der Waals surface area contributed by atoms with Crippen LogP contribution in [0.25, 0.3) is 0 Å². The summed E-state index contributed by atoms with van der Waals surface area (Å²) < 4.78 is 38.5. The lowest BCUT2D eigenvalue weighted by Crippen LogP contribution is -2.28. The van der Waals surface area contributed by atoms with Crippen LogP contribution in [-0.4, -0.2) is 6.18 Å². The van der Waals surface area contributed by atoms with Gasteiger partial charge in [-0.3, -0.25) is 0 Å². The zero-order valence-corrected chi connectivity index (χ0v) is 8.59. The summed E-state index contributed by atoms with van der Waals surface area (Å²) in [6.07, 6.45) is -1.26. The van der Waals surface area contributed by atoms with Crippen LogP contribution in [0.1, 0.15) is 35.8 Å². The molecule has 3 aliphatic rings. The lowest BCUT2D eigenvalue weighted by Gasteiger charge is -2.38. The Labute approximate surface area is 91.8 Å². The second-order valence-electron chi connectivity index (χ2n) is 4.49. The average molecular weight is 224 g/mol. The smallest absolute Gasteiger partial charge is 0.166 e. The number of hydrogen-bond donors (Lipinski definition) is 0. The van der Waals surface area contributed by atoms with Crippen molar-refractivity contribution in [1.29, 1.82) is 0 Å². The van der Waals surface area contributed by atoms with Crippen molar-refractivity contribution >= 4 is 0 Å². The molecule has 0 fully saturated rings. The van der Waals surface area contributed by atoms with Crippen LogP contribution in [0.2, 0.25) is 0 Å². The Hall–Kier alpha value is -1.25. The average Bonchev–Trinajstić information content (AvgIpc) is 2.29. The summed E-state index contributed by atoms with van der Waals surface area (Å²) in [6.45, 7) is 0. The third-order valence-corrected chi connectivity index (χ3v) is 3.62. The van der Waals surface area contributed by atoms with Crippen molar-refractivity contribution in [2.24, 2.45) is 0 Å². The molecule has 0 aliphatic heterocycles. The Balaban J connectivity index is 2.13. The van der Waals surface area contributed by atoms with Gasteiger partial charge >= 0.3 is 6.18 Å². The molecule has 3 aliphatic carbocycles. The highest BCUT2D eigenvalue weighted by Gasteiger charge is 2.45. The van der Waals surface area contributed by atoms with E-state index in [1.807, 2.05) is 24.3 Å². The Bertz CT molecular complexity index is 456. The molecule has 0 nitrogen and oxygen atoms in total. The highest BCUT2D eigenvalue weighted by molar-refractivity contribution is 5.48. The molecule has 84 valence electrons. The molecular formula is C13H11F3. The van der Waals surface area contributed by atoms with E-state index in [2.05, 4.69) is 0 Å². The number of rotatable bonds is 0. The minimum absolute atomic E-state index is 0.0298. The van der Waals surface area contributed by atoms with Crippen LogP contribution in [-0.2, 0) is 0 Å². The van der Waals surface area contributed by atoms with Gasteiger partial charge in [0.25, 0.3) is 0 Å². The highest BCUT2D eigenvalue weighted by Crippen LogP contribution is 2.52. The first-order valence-corrected chi connectivity index (χ1v) is 5.45. The number of halogens is 3. The van der Waals surface area contributed by atoms with E-state index in [0.717, 1.165) is 17.5 Å². The van der Waals surface area contributed by atoms with Gasteiger partial charge in [0, 0.05) is 17.4 Å². The van der Waals surface area contributed by atoms with Crippen LogP contribution in [0, 0.1) is 0 Å². The van der Waals surface area contributed by atoms with Crippen LogP contribution in [0.3, 0.4) is 0 Å². The first-order chi connectivity index (χ1) is 7.57. The minimum atomic E-state index is -4.17. The van der Waals surface area contributed by atoms with Gasteiger partial charge in [-0.25, -0.2) is 0 Å². The van der Waals surface area contributed by atoms with Gasteiger partial charge in [0.1, 0.15) is 0 Å². The quantitative estimate of drug-likeness (QED) is 0.581. The van der Waals surface area contributed by atoms with Crippen molar-refractivity contribution in [2.75, 3.05) is 0 Å². The van der Waals surface area contributed by atoms with Crippen LogP contribution < -0.4 is 0 Å². The summed E-state index contributed by atoms with van der Waals surface area (Å²) in [4.78, 5) is 0. The standard InChI is InChI=1S/C13H11F3/c14-13(15,16)12-7-8-5-6-11(12)10-4-2-1-3-9(8)10/h1-4,7-8,11H,5-6H2. The molecule has 0 saturated carbocycles. The third-order valence-electron chi connectivity index (χ3n) is 3.62. The van der Waals surface area contributed by atoms with E-state index in [9.17, 15) is 13.2 Å². The number of alkyl halides is 3. The Morgan fingerprint density at radius 3 is 2.38 bits per heavy atom. The molecule has 4 rings (SSSR count). The van der Waals surface area contributed by atoms with Gasteiger partial charge in [-0.05, 0) is 24.0 Å². The Kier molecular flexibility index (Phi) is 1.94. The maximum atomic E-state index is 12.8. The second kappa shape index (κ2) is 3.12. The zero-order chi connectivity index (χ0) is 11.3. The largest absolute Gasteiger partial charge is 0.413 e. The van der Waals surface area contributed by atoms with Crippen molar-refractivity contribution in [3.63, 3.8) is 0 Å². The first kappa shape index (κ1) is 9.94. The summed E-state index contributed by atoms with van der Waals surface area (Å²) in [5, 5.41) is 0. The van der Waals surface area contributed by atoms with Gasteiger partial charge in [0.2, 0.25) is 0 Å². The van der Waals surface area contributed by atoms with Gasteiger partial charge in [0.15, 0.2) is 0 Å². The predicted molar refractivity (Wildman–Crippen MR) is 55.3 cm³/mol. The highest BCUT2D eigenvalue weighted by atomic mass is 19.4. The lowest BCUT2D eigenvalue weighted by molar-refractivity contribution is -0.0979. The molecule has 0 saturated heterocycles. The van der Waals surface area contributed by atoms with E-state index in [1.165, 1.54) is 6.08 Å². The molecule has 0 aromatic heterocycles. The summed E-state index contributed by atoms with van der Waals surface area (Å²) in [5.74, 6) is -0.459. The maximum Gasteiger partial charge on any atom is 0.413 e. The van der Waals surface area contributed by atoms with Crippen LogP contribution in [0.15, 0.2) is 35.9 Å². The fraction of sp³-hybridized carbons (Fsp3) is 0.385. The third kappa shape index (κ3) is 1.30. The normalized spacial score (nSPS) is 27.6. The fourth-order valence-electron chi connectivity index (χ4n) is 2.94. The van der Waals surface area contributed by atoms with Gasteiger partial charge < -0.3 is 0 Å². The van der Waals surface area contributed by atoms with Crippen molar-refractivity contribution in [1.82, 2.24) is 0 Å². The van der Waals surface area contributed by atoms with E-state index >= 15 is 0 Å². The topological polar surface area (TPSA) is 0 Å². The molecule has 0 N–H and O–H groups in total. The van der Waals surface area contributed by atoms with E-state index < -0.39 is 12.1 Å². The van der Waals surface area contributed by atoms with Crippen molar-refractivity contribution in [3.05, 3.63) is 47.0 Å². The predicted octanol–water partition coefficient (Wildman–Crippen LogP) is 4.15. The molecule has 2 unspecified atom stereocenters. The van der Waals surface area contributed by atoms with Gasteiger partial charge in [-0.2, -0.15) is 13.2 Å². The molecule has 1 aromatic carbocycles. The SMILES string of the molecule is FC(F)(F)C1=CC2CCC1c1ccccc12. The van der Waals surface area contributed by atoms with E-state index in [4.69, 9.17) is 0 Å². The van der Waals surface area contributed by atoms with Crippen molar-refractivity contribution in [3.8, 4) is 0 Å². The Morgan fingerprint density at radius 2 is 1.69 bits per heavy atom. The summed E-state index contributed by atoms with van der Waals surface area (Å²) in [7, 11) is 0. The summed E-state index contributed by atoms with van der Waals surface area (Å²) in [6, 6.07) is 7.52. The van der Waals surface area contributed by atoms with Crippen LogP contribution >= 0.6 is 0 Å². The molecule has 16 heavy (non-hydrogen) atoms. The molecule has 0 spiro atoms. The molecular weight excluding hydrogens is 213 g/mol. The van der Waals surface area contributed by atoms with E-state index in [0.29, 0.717) is 6.42 Å². The molecule has 1 aromatic rings. The number of benzene rings is 1. The van der Waals surface area contributed by atoms with Crippen LogP contribution in [0.4, 0.5) is 13.2 Å².